The van der Waals surface area contributed by atoms with Gasteiger partial charge in [-0.25, -0.2) is 0 Å². The Hall–Kier alpha value is 0.508. The van der Waals surface area contributed by atoms with E-state index in [4.69, 9.17) is 41.9 Å². The molecule has 0 radical (unpaired) electrons. The smallest absolute Gasteiger partial charge is 0.419 e. The Morgan fingerprint density at radius 1 is 0.471 bits per heavy atom. The summed E-state index contributed by atoms with van der Waals surface area (Å²) in [6, 6.07) is 2.84. The fourth-order valence-corrected chi connectivity index (χ4v) is 15.9. The van der Waals surface area contributed by atoms with Gasteiger partial charge in [-0.2, -0.15) is 0 Å². The minimum absolute atomic E-state index is 0.0451. The van der Waals surface area contributed by atoms with Gasteiger partial charge in [0.2, 0.25) is 0 Å². The lowest BCUT2D eigenvalue weighted by Gasteiger charge is -2.37. The fraction of sp³-hybridized carbons (Fsp3) is 1.00. The van der Waals surface area contributed by atoms with Gasteiger partial charge in [0.1, 0.15) is 0 Å². The van der Waals surface area contributed by atoms with E-state index in [1.165, 1.54) is 0 Å². The largest absolute Gasteiger partial charge is 0.452 e. The van der Waals surface area contributed by atoms with Gasteiger partial charge in [0, 0.05) is 19.8 Å². The van der Waals surface area contributed by atoms with Crippen molar-refractivity contribution in [2.24, 2.45) is 0 Å². The normalized spacial score (nSPS) is 13.2. The van der Waals surface area contributed by atoms with E-state index >= 15 is 0 Å². The van der Waals surface area contributed by atoms with Crippen molar-refractivity contribution in [3.8, 4) is 0 Å². The summed E-state index contributed by atoms with van der Waals surface area (Å²) in [6.45, 7) is 16.4. The van der Waals surface area contributed by atoms with Crippen molar-refractivity contribution < 1.29 is 41.9 Å². The van der Waals surface area contributed by atoms with Gasteiger partial charge in [-0.05, 0) is 76.7 Å². The van der Waals surface area contributed by atoms with Crippen LogP contribution in [0, 0.1) is 0 Å². The summed E-state index contributed by atoms with van der Waals surface area (Å²) in [6.07, 6.45) is 2.69. The van der Waals surface area contributed by atoms with Crippen LogP contribution in [0.1, 0.15) is 19.3 Å². The minimum Gasteiger partial charge on any atom is -0.419 e. The van der Waals surface area contributed by atoms with Gasteiger partial charge in [0.05, 0.1) is 39.6 Å². The summed E-state index contributed by atoms with van der Waals surface area (Å²) in [5.41, 5.74) is 0. The monoisotopic (exact) mass is 560 g/mol. The first-order valence-electron chi connectivity index (χ1n) is 12.6. The first kappa shape index (κ1) is 34.5. The molecule has 0 saturated carbocycles. The van der Waals surface area contributed by atoms with Gasteiger partial charge < -0.3 is 41.9 Å². The Morgan fingerprint density at radius 3 is 0.971 bits per heavy atom. The number of aliphatic hydroxyl groups excluding tert-OH is 3. The number of hydrogen-bond donors (Lipinski definition) is 3. The van der Waals surface area contributed by atoms with E-state index in [1.807, 2.05) is 0 Å². The van der Waals surface area contributed by atoms with E-state index in [9.17, 15) is 0 Å². The molecule has 3 N–H and O–H groups in total. The Kier molecular flexibility index (Phi) is 19.9. The highest BCUT2D eigenvalue weighted by atomic mass is 28.5. The van der Waals surface area contributed by atoms with Crippen molar-refractivity contribution in [1.29, 1.82) is 0 Å². The molecule has 0 bridgehead atoms. The van der Waals surface area contributed by atoms with Crippen LogP contribution in [0.4, 0.5) is 0 Å². The molecule has 0 fully saturated rings. The highest BCUT2D eigenvalue weighted by Gasteiger charge is 2.38. The van der Waals surface area contributed by atoms with Crippen molar-refractivity contribution >= 4 is 34.5 Å². The van der Waals surface area contributed by atoms with E-state index in [2.05, 4.69) is 39.3 Å². The zero-order valence-electron chi connectivity index (χ0n) is 22.5. The highest BCUT2D eigenvalue weighted by molar-refractivity contribution is 6.84. The van der Waals surface area contributed by atoms with Crippen LogP contribution in [0.25, 0.3) is 0 Å². The Balaban J connectivity index is 4.97. The topological polar surface area (TPSA) is 116 Å². The third kappa shape index (κ3) is 20.7. The molecule has 0 unspecified atom stereocenters. The molecule has 0 aliphatic carbocycles. The van der Waals surface area contributed by atoms with Crippen LogP contribution in [0.5, 0.6) is 0 Å². The van der Waals surface area contributed by atoms with Gasteiger partial charge in [-0.3, -0.25) is 0 Å². The molecule has 0 aromatic rings. The van der Waals surface area contributed by atoms with E-state index < -0.39 is 34.5 Å². The lowest BCUT2D eigenvalue weighted by molar-refractivity contribution is 0.0919. The lowest BCUT2D eigenvalue weighted by Crippen LogP contribution is -2.51. The molecule has 0 atom stereocenters. The van der Waals surface area contributed by atoms with Crippen LogP contribution in [0.2, 0.25) is 57.4 Å². The second kappa shape index (κ2) is 19.6. The molecule has 0 aromatic carbocycles. The maximum Gasteiger partial charge on any atom is 0.452 e. The molecule has 206 valence electrons. The number of ether oxygens (including phenoxy) is 3. The predicted octanol–water partition coefficient (Wildman–Crippen LogP) is 2.57. The van der Waals surface area contributed by atoms with Gasteiger partial charge in [-0.1, -0.05) is 0 Å². The highest BCUT2D eigenvalue weighted by Crippen LogP contribution is 2.24. The zero-order chi connectivity index (χ0) is 25.9. The van der Waals surface area contributed by atoms with Crippen molar-refractivity contribution in [3.05, 3.63) is 0 Å². The summed E-state index contributed by atoms with van der Waals surface area (Å²) >= 11 is 0. The fourth-order valence-electron chi connectivity index (χ4n) is 3.33. The van der Waals surface area contributed by atoms with Crippen LogP contribution >= 0.6 is 0 Å². The van der Waals surface area contributed by atoms with Crippen molar-refractivity contribution in [1.82, 2.24) is 0 Å². The van der Waals surface area contributed by atoms with Gasteiger partial charge >= 0.3 is 9.53 Å². The molecule has 0 aromatic heterocycles. The Bertz CT molecular complexity index is 419. The zero-order valence-corrected chi connectivity index (χ0v) is 26.6. The second-order valence-electron chi connectivity index (χ2n) is 10.2. The molecule has 0 saturated heterocycles. The molecule has 13 heteroatoms. The molecule has 34 heavy (non-hydrogen) atoms. The molecule has 0 rings (SSSR count). The molecule has 9 nitrogen and oxygen atoms in total. The van der Waals surface area contributed by atoms with E-state index in [-0.39, 0.29) is 19.8 Å². The standard InChI is InChI=1S/C21H52O9Si4/c1-32(2,19-7-13-25-16-10-22)28-31(29-33(3,4)20-8-14-26-17-11-23)30-34(5,6)21-9-15-27-18-12-24/h22-24,31H,7-21H2,1-6H3. The molecule has 0 aliphatic heterocycles. The SMILES string of the molecule is C[Si](C)(CCCOCCO)O[SiH](O[Si](C)(C)CCCOCCO)O[Si](C)(C)CCCOCCO. The summed E-state index contributed by atoms with van der Waals surface area (Å²) in [5, 5.41) is 26.6. The quantitative estimate of drug-likeness (QED) is 0.121. The average Bonchev–Trinajstić information content (AvgIpc) is 2.72. The second-order valence-corrected chi connectivity index (χ2v) is 25.7. The Labute approximate surface area is 212 Å². The van der Waals surface area contributed by atoms with Crippen molar-refractivity contribution in [2.75, 3.05) is 59.5 Å². The van der Waals surface area contributed by atoms with E-state index in [0.717, 1.165) is 37.4 Å². The van der Waals surface area contributed by atoms with Crippen molar-refractivity contribution in [3.63, 3.8) is 0 Å². The number of aliphatic hydroxyl groups is 3. The van der Waals surface area contributed by atoms with Gasteiger partial charge in [0.25, 0.3) is 0 Å². The van der Waals surface area contributed by atoms with Gasteiger partial charge in [-0.15, -0.1) is 0 Å². The number of hydrogen-bond acceptors (Lipinski definition) is 9. The third-order valence-corrected chi connectivity index (χ3v) is 19.8. The lowest BCUT2D eigenvalue weighted by atomic mass is 10.5. The van der Waals surface area contributed by atoms with Crippen LogP contribution < -0.4 is 0 Å². The summed E-state index contributed by atoms with van der Waals surface area (Å²) in [7, 11) is -8.41. The van der Waals surface area contributed by atoms with Crippen molar-refractivity contribution in [2.45, 2.75) is 76.7 Å². The predicted molar refractivity (Wildman–Crippen MR) is 145 cm³/mol. The van der Waals surface area contributed by atoms with E-state index in [0.29, 0.717) is 39.6 Å². The number of rotatable bonds is 24. The summed E-state index contributed by atoms with van der Waals surface area (Å²) in [5.74, 6) is 0. The third-order valence-electron chi connectivity index (χ3n) is 5.16. The molecular weight excluding hydrogens is 509 g/mol. The maximum atomic E-state index is 8.87. The van der Waals surface area contributed by atoms with Crippen LogP contribution in [0.15, 0.2) is 0 Å². The van der Waals surface area contributed by atoms with Crippen LogP contribution in [-0.2, 0) is 26.6 Å². The van der Waals surface area contributed by atoms with Crippen LogP contribution in [0.3, 0.4) is 0 Å². The van der Waals surface area contributed by atoms with Crippen LogP contribution in [-0.4, -0.2) is 109 Å². The maximum absolute atomic E-state index is 8.87. The Morgan fingerprint density at radius 2 is 0.735 bits per heavy atom. The summed E-state index contributed by atoms with van der Waals surface area (Å²) in [4.78, 5) is 0. The molecule has 0 spiro atoms. The first-order valence-corrected chi connectivity index (χ1v) is 23.3. The van der Waals surface area contributed by atoms with E-state index in [1.54, 1.807) is 0 Å². The molecule has 0 heterocycles. The molecule has 0 aliphatic rings. The van der Waals surface area contributed by atoms with Gasteiger partial charge in [0.15, 0.2) is 25.0 Å². The average molecular weight is 561 g/mol. The molecule has 0 amide bonds. The minimum atomic E-state index is -2.36. The first-order chi connectivity index (χ1) is 16.0. The summed E-state index contributed by atoms with van der Waals surface area (Å²) < 4.78 is 36.3. The molecular formula is C21H52O9Si4.